The monoisotopic (exact) mass is 433 g/mol. The van der Waals surface area contributed by atoms with Gasteiger partial charge in [0.25, 0.3) is 0 Å². The molecule has 4 rings (SSSR count). The van der Waals surface area contributed by atoms with Crippen LogP contribution in [-0.2, 0) is 11.2 Å². The molecule has 2 aromatic carbocycles. The molecular formula is C23H19N3O4S. The molecule has 0 fully saturated rings. The van der Waals surface area contributed by atoms with E-state index in [-0.39, 0.29) is 12.5 Å². The van der Waals surface area contributed by atoms with Crippen molar-refractivity contribution in [2.75, 3.05) is 25.6 Å². The summed E-state index contributed by atoms with van der Waals surface area (Å²) in [6.07, 6.45) is 4.00. The molecule has 1 aliphatic rings. The lowest BCUT2D eigenvalue weighted by Crippen LogP contribution is -2.07. The Labute approximate surface area is 183 Å². The zero-order valence-corrected chi connectivity index (χ0v) is 17.6. The van der Waals surface area contributed by atoms with Crippen molar-refractivity contribution >= 4 is 28.5 Å². The Bertz CT molecular complexity index is 1180. The third-order valence-corrected chi connectivity index (χ3v) is 5.38. The molecule has 0 atom stereocenters. The van der Waals surface area contributed by atoms with Gasteiger partial charge in [0.15, 0.2) is 23.2 Å². The largest absolute Gasteiger partial charge is 0.493 e. The summed E-state index contributed by atoms with van der Waals surface area (Å²) in [7, 11) is 1.52. The number of aromatic nitrogens is 1. The van der Waals surface area contributed by atoms with Crippen LogP contribution in [0, 0.1) is 11.3 Å². The number of hydrogen-bond acceptors (Lipinski definition) is 7. The second kappa shape index (κ2) is 9.32. The molecule has 0 spiro atoms. The van der Waals surface area contributed by atoms with Gasteiger partial charge in [-0.1, -0.05) is 6.07 Å². The van der Waals surface area contributed by atoms with Crippen LogP contribution in [0.1, 0.15) is 11.1 Å². The molecule has 0 aliphatic carbocycles. The summed E-state index contributed by atoms with van der Waals surface area (Å²) < 4.78 is 16.1. The van der Waals surface area contributed by atoms with Gasteiger partial charge in [0.2, 0.25) is 5.91 Å². The van der Waals surface area contributed by atoms with Gasteiger partial charge in [0.1, 0.15) is 11.8 Å². The summed E-state index contributed by atoms with van der Waals surface area (Å²) in [5.41, 5.74) is 3.76. The number of nitrogens with zero attached hydrogens (tertiary/aromatic N) is 2. The summed E-state index contributed by atoms with van der Waals surface area (Å²) in [6.45, 7) is 0.647. The number of anilines is 1. The fourth-order valence-corrected chi connectivity index (χ4v) is 3.87. The molecule has 2 heterocycles. The van der Waals surface area contributed by atoms with Gasteiger partial charge < -0.3 is 14.2 Å². The molecule has 7 nitrogen and oxygen atoms in total. The summed E-state index contributed by atoms with van der Waals surface area (Å²) in [5, 5.41) is 13.9. The Balaban J connectivity index is 1.40. The molecule has 1 amide bonds. The fraction of sp³-hybridized carbons (Fsp3) is 0.174. The maximum absolute atomic E-state index is 12.3. The molecular weight excluding hydrogens is 414 g/mol. The van der Waals surface area contributed by atoms with Crippen LogP contribution in [0.15, 0.2) is 47.9 Å². The second-order valence-corrected chi connectivity index (χ2v) is 7.50. The van der Waals surface area contributed by atoms with Crippen molar-refractivity contribution < 1.29 is 19.0 Å². The molecule has 8 heteroatoms. The smallest absolute Gasteiger partial charge is 0.250 e. The standard InChI is InChI=1S/C23H19N3O4S/c1-28-21-12-15(2-5-20(21)30-11-9-24)3-7-22(27)26-23-25-18(14-31-23)16-4-6-19-17(13-16)8-10-29-19/h2-7,12-14H,8,10-11H2,1H3,(H,25,26,27)/b7-3+. The number of methoxy groups -OCH3 is 1. The lowest BCUT2D eigenvalue weighted by Gasteiger charge is -2.08. The summed E-state index contributed by atoms with van der Waals surface area (Å²) in [4.78, 5) is 16.8. The second-order valence-electron chi connectivity index (χ2n) is 6.64. The maximum Gasteiger partial charge on any atom is 0.250 e. The van der Waals surface area contributed by atoms with Crippen LogP contribution in [0.4, 0.5) is 5.13 Å². The average molecular weight is 433 g/mol. The number of ether oxygens (including phenoxy) is 3. The molecule has 156 valence electrons. The van der Waals surface area contributed by atoms with Gasteiger partial charge >= 0.3 is 0 Å². The molecule has 1 aliphatic heterocycles. The minimum absolute atomic E-state index is 0.0665. The number of carbonyl (C=O) groups is 1. The summed E-state index contributed by atoms with van der Waals surface area (Å²) in [6, 6.07) is 13.1. The molecule has 0 radical (unpaired) electrons. The first-order chi connectivity index (χ1) is 15.2. The average Bonchev–Trinajstić information content (AvgIpc) is 3.45. The van der Waals surface area contributed by atoms with Gasteiger partial charge in [0, 0.05) is 23.4 Å². The highest BCUT2D eigenvalue weighted by Crippen LogP contribution is 2.32. The third kappa shape index (κ3) is 4.85. The van der Waals surface area contributed by atoms with E-state index in [9.17, 15) is 4.79 Å². The minimum Gasteiger partial charge on any atom is -0.493 e. The molecule has 3 aromatic rings. The molecule has 0 saturated carbocycles. The van der Waals surface area contributed by atoms with Crippen LogP contribution in [0.25, 0.3) is 17.3 Å². The third-order valence-electron chi connectivity index (χ3n) is 4.63. The van der Waals surface area contributed by atoms with E-state index in [1.54, 1.807) is 24.3 Å². The van der Waals surface area contributed by atoms with Crippen LogP contribution in [0.3, 0.4) is 0 Å². The molecule has 1 N–H and O–H groups in total. The normalized spacial score (nSPS) is 12.1. The van der Waals surface area contributed by atoms with Gasteiger partial charge in [0.05, 0.1) is 19.4 Å². The SMILES string of the molecule is COc1cc(/C=C/C(=O)Nc2nc(-c3ccc4c(c3)CCO4)cs2)ccc1OCC#N. The van der Waals surface area contributed by atoms with Crippen molar-refractivity contribution in [1.82, 2.24) is 4.98 Å². The van der Waals surface area contributed by atoms with Gasteiger partial charge in [-0.2, -0.15) is 5.26 Å². The minimum atomic E-state index is -0.285. The van der Waals surface area contributed by atoms with Crippen molar-refractivity contribution in [2.24, 2.45) is 0 Å². The lowest BCUT2D eigenvalue weighted by atomic mass is 10.1. The predicted octanol–water partition coefficient (Wildman–Crippen LogP) is 4.31. The highest BCUT2D eigenvalue weighted by Gasteiger charge is 2.14. The van der Waals surface area contributed by atoms with E-state index in [0.717, 1.165) is 29.0 Å². The van der Waals surface area contributed by atoms with E-state index >= 15 is 0 Å². The van der Waals surface area contributed by atoms with E-state index in [1.807, 2.05) is 23.6 Å². The Morgan fingerprint density at radius 3 is 3.06 bits per heavy atom. The lowest BCUT2D eigenvalue weighted by molar-refractivity contribution is -0.111. The summed E-state index contributed by atoms with van der Waals surface area (Å²) >= 11 is 1.37. The fourth-order valence-electron chi connectivity index (χ4n) is 3.15. The first-order valence-electron chi connectivity index (χ1n) is 9.55. The van der Waals surface area contributed by atoms with Crippen LogP contribution in [-0.4, -0.2) is 31.2 Å². The first-order valence-corrected chi connectivity index (χ1v) is 10.4. The van der Waals surface area contributed by atoms with Gasteiger partial charge in [-0.05, 0) is 47.5 Å². The van der Waals surface area contributed by atoms with Crippen molar-refractivity contribution in [3.05, 3.63) is 59.0 Å². The summed E-state index contributed by atoms with van der Waals surface area (Å²) in [5.74, 6) is 1.60. The Hall–Kier alpha value is -3.83. The van der Waals surface area contributed by atoms with Crippen molar-refractivity contribution in [1.29, 1.82) is 5.26 Å². The van der Waals surface area contributed by atoms with E-state index in [0.29, 0.717) is 23.2 Å². The number of nitriles is 1. The Morgan fingerprint density at radius 1 is 1.32 bits per heavy atom. The first kappa shape index (κ1) is 20.4. The number of benzene rings is 2. The van der Waals surface area contributed by atoms with Gasteiger partial charge in [-0.15, -0.1) is 11.3 Å². The number of nitrogens with one attached hydrogen (secondary N) is 1. The topological polar surface area (TPSA) is 93.5 Å². The van der Waals surface area contributed by atoms with Crippen LogP contribution in [0.2, 0.25) is 0 Å². The number of fused-ring (bicyclic) bond motifs is 1. The number of hydrogen-bond donors (Lipinski definition) is 1. The highest BCUT2D eigenvalue weighted by atomic mass is 32.1. The van der Waals surface area contributed by atoms with Crippen LogP contribution >= 0.6 is 11.3 Å². The number of amides is 1. The van der Waals surface area contributed by atoms with Gasteiger partial charge in [-0.3, -0.25) is 10.1 Å². The highest BCUT2D eigenvalue weighted by molar-refractivity contribution is 7.14. The van der Waals surface area contributed by atoms with E-state index in [1.165, 1.54) is 30.1 Å². The molecule has 0 unspecified atom stereocenters. The van der Waals surface area contributed by atoms with E-state index < -0.39 is 0 Å². The number of rotatable bonds is 7. The molecule has 0 saturated heterocycles. The van der Waals surface area contributed by atoms with Crippen molar-refractivity contribution in [2.45, 2.75) is 6.42 Å². The van der Waals surface area contributed by atoms with Crippen LogP contribution in [0.5, 0.6) is 17.2 Å². The zero-order chi connectivity index (χ0) is 21.6. The Morgan fingerprint density at radius 2 is 2.23 bits per heavy atom. The van der Waals surface area contributed by atoms with Gasteiger partial charge in [-0.25, -0.2) is 4.98 Å². The number of carbonyl (C=O) groups excluding carboxylic acids is 1. The molecule has 31 heavy (non-hydrogen) atoms. The van der Waals surface area contributed by atoms with Crippen LogP contribution < -0.4 is 19.5 Å². The zero-order valence-electron chi connectivity index (χ0n) is 16.8. The van der Waals surface area contributed by atoms with E-state index in [4.69, 9.17) is 19.5 Å². The molecule has 0 bridgehead atoms. The quantitative estimate of drug-likeness (QED) is 0.558. The van der Waals surface area contributed by atoms with Crippen molar-refractivity contribution in [3.8, 4) is 34.6 Å². The predicted molar refractivity (Wildman–Crippen MR) is 119 cm³/mol. The maximum atomic E-state index is 12.3. The Kier molecular flexibility index (Phi) is 6.15. The molecule has 1 aromatic heterocycles. The van der Waals surface area contributed by atoms with Crippen molar-refractivity contribution in [3.63, 3.8) is 0 Å². The van der Waals surface area contributed by atoms with E-state index in [2.05, 4.69) is 16.4 Å². The number of thiazole rings is 1.